The first-order chi connectivity index (χ1) is 13.7. The fourth-order valence-electron chi connectivity index (χ4n) is 3.91. The van der Waals surface area contributed by atoms with E-state index in [4.69, 9.17) is 4.99 Å². The summed E-state index contributed by atoms with van der Waals surface area (Å²) >= 11 is 3.51. The van der Waals surface area contributed by atoms with Gasteiger partial charge in [-0.1, -0.05) is 15.9 Å². The van der Waals surface area contributed by atoms with Gasteiger partial charge in [0.15, 0.2) is 11.8 Å². The van der Waals surface area contributed by atoms with Gasteiger partial charge in [-0.3, -0.25) is 0 Å². The maximum absolute atomic E-state index is 4.78. The topological polar surface area (TPSA) is 70.4 Å². The van der Waals surface area contributed by atoms with Gasteiger partial charge in [-0.25, -0.2) is 4.99 Å². The fraction of sp³-hybridized carbons (Fsp3) is 0.550. The first-order valence-electron chi connectivity index (χ1n) is 10.2. The number of halogens is 2. The molecule has 2 aromatic rings. The number of aliphatic imine (C=N–C) groups is 1. The van der Waals surface area contributed by atoms with Gasteiger partial charge in [-0.2, -0.15) is 0 Å². The molecule has 1 aromatic heterocycles. The molecule has 1 atom stereocenters. The van der Waals surface area contributed by atoms with Crippen LogP contribution in [0, 0.1) is 0 Å². The number of hydrogen-bond acceptors (Lipinski definition) is 4. The molecular formula is C20H29BrIN7. The van der Waals surface area contributed by atoms with Gasteiger partial charge >= 0.3 is 0 Å². The zero-order valence-corrected chi connectivity index (χ0v) is 20.7. The third-order valence-electron chi connectivity index (χ3n) is 5.38. The monoisotopic (exact) mass is 573 g/mol. The molecule has 1 unspecified atom stereocenters. The van der Waals surface area contributed by atoms with Crippen LogP contribution in [0.25, 0.3) is 0 Å². The smallest absolute Gasteiger partial charge is 0.191 e. The molecule has 9 heteroatoms. The Balaban J connectivity index is 0.00000240. The molecule has 0 radical (unpaired) electrons. The van der Waals surface area contributed by atoms with Crippen molar-refractivity contribution in [2.45, 2.75) is 51.7 Å². The van der Waals surface area contributed by atoms with Crippen molar-refractivity contribution in [3.05, 3.63) is 40.4 Å². The Hall–Kier alpha value is -1.36. The van der Waals surface area contributed by atoms with E-state index in [1.165, 1.54) is 18.5 Å². The second kappa shape index (κ2) is 10.6. The van der Waals surface area contributed by atoms with E-state index in [2.05, 4.69) is 77.4 Å². The number of hydrogen-bond donors (Lipinski definition) is 2. The van der Waals surface area contributed by atoms with Gasteiger partial charge in [-0.15, -0.1) is 34.2 Å². The molecule has 158 valence electrons. The molecule has 2 aliphatic heterocycles. The molecule has 1 aromatic carbocycles. The lowest BCUT2D eigenvalue weighted by Gasteiger charge is -2.20. The van der Waals surface area contributed by atoms with Crippen molar-refractivity contribution < 1.29 is 0 Å². The summed E-state index contributed by atoms with van der Waals surface area (Å²) in [5.74, 6) is 2.93. The van der Waals surface area contributed by atoms with Crippen LogP contribution in [0.1, 0.15) is 37.8 Å². The van der Waals surface area contributed by atoms with Gasteiger partial charge in [0, 0.05) is 48.8 Å². The lowest BCUT2D eigenvalue weighted by atomic mass is 10.2. The second-order valence-corrected chi connectivity index (χ2v) is 8.30. The summed E-state index contributed by atoms with van der Waals surface area (Å²) in [6.07, 6.45) is 4.54. The Labute approximate surface area is 197 Å². The molecule has 7 nitrogen and oxygen atoms in total. The van der Waals surface area contributed by atoms with E-state index in [0.29, 0.717) is 12.6 Å². The zero-order chi connectivity index (χ0) is 19.3. The minimum atomic E-state index is 0. The Morgan fingerprint density at radius 1 is 1.21 bits per heavy atom. The molecular weight excluding hydrogens is 545 g/mol. The van der Waals surface area contributed by atoms with Crippen molar-refractivity contribution >= 4 is 51.6 Å². The number of guanidine groups is 1. The standard InChI is InChI=1S/C20H28BrN7.HI/c1-2-22-20(23-13-19-26-25-18-5-3-4-11-28(18)19)24-16-10-12-27(14-16)17-8-6-15(21)7-9-17;/h6-9,16H,2-5,10-14H2,1H3,(H2,22,23,24);1H. The van der Waals surface area contributed by atoms with Crippen molar-refractivity contribution in [3.8, 4) is 0 Å². The molecule has 0 spiro atoms. The molecule has 2 N–H and O–H groups in total. The summed E-state index contributed by atoms with van der Waals surface area (Å²) in [5.41, 5.74) is 1.27. The van der Waals surface area contributed by atoms with E-state index in [-0.39, 0.29) is 24.0 Å². The summed E-state index contributed by atoms with van der Waals surface area (Å²) in [6, 6.07) is 8.91. The molecule has 0 bridgehead atoms. The summed E-state index contributed by atoms with van der Waals surface area (Å²) in [5, 5.41) is 15.7. The third-order valence-corrected chi connectivity index (χ3v) is 5.91. The average Bonchev–Trinajstić information content (AvgIpc) is 3.34. The van der Waals surface area contributed by atoms with Crippen LogP contribution in [-0.2, 0) is 19.5 Å². The minimum absolute atomic E-state index is 0. The first kappa shape index (κ1) is 22.3. The molecule has 4 rings (SSSR count). The quantitative estimate of drug-likeness (QED) is 0.326. The Morgan fingerprint density at radius 3 is 2.83 bits per heavy atom. The maximum atomic E-state index is 4.78. The molecule has 0 saturated carbocycles. The van der Waals surface area contributed by atoms with Crippen molar-refractivity contribution in [1.82, 2.24) is 25.4 Å². The number of anilines is 1. The summed E-state index contributed by atoms with van der Waals surface area (Å²) in [7, 11) is 0. The normalized spacial score (nSPS) is 18.9. The Morgan fingerprint density at radius 2 is 2.03 bits per heavy atom. The molecule has 0 aliphatic carbocycles. The van der Waals surface area contributed by atoms with Gasteiger partial charge in [0.2, 0.25) is 0 Å². The second-order valence-electron chi connectivity index (χ2n) is 7.39. The van der Waals surface area contributed by atoms with Crippen LogP contribution in [-0.4, -0.2) is 46.4 Å². The molecule has 3 heterocycles. The van der Waals surface area contributed by atoms with Gasteiger partial charge in [0.25, 0.3) is 0 Å². The number of aryl methyl sites for hydroxylation is 1. The maximum Gasteiger partial charge on any atom is 0.191 e. The summed E-state index contributed by atoms with van der Waals surface area (Å²) < 4.78 is 3.35. The molecule has 1 saturated heterocycles. The molecule has 29 heavy (non-hydrogen) atoms. The van der Waals surface area contributed by atoms with Crippen LogP contribution in [0.15, 0.2) is 33.7 Å². The first-order valence-corrected chi connectivity index (χ1v) is 11.0. The minimum Gasteiger partial charge on any atom is -0.369 e. The number of aromatic nitrogens is 3. The van der Waals surface area contributed by atoms with E-state index in [9.17, 15) is 0 Å². The number of rotatable bonds is 5. The van der Waals surface area contributed by atoms with E-state index in [1.807, 2.05) is 0 Å². The summed E-state index contributed by atoms with van der Waals surface area (Å²) in [6.45, 7) is 6.54. The molecule has 1 fully saturated rings. The molecule has 2 aliphatic rings. The van der Waals surface area contributed by atoms with E-state index in [1.54, 1.807) is 0 Å². The highest BCUT2D eigenvalue weighted by Gasteiger charge is 2.23. The largest absolute Gasteiger partial charge is 0.369 e. The Bertz CT molecular complexity index is 821. The van der Waals surface area contributed by atoms with Crippen molar-refractivity contribution in [1.29, 1.82) is 0 Å². The van der Waals surface area contributed by atoms with Crippen LogP contribution in [0.5, 0.6) is 0 Å². The van der Waals surface area contributed by atoms with Gasteiger partial charge in [0.05, 0.1) is 0 Å². The van der Waals surface area contributed by atoms with E-state index < -0.39 is 0 Å². The number of benzene rings is 1. The SMILES string of the molecule is CCNC(=NCc1nnc2n1CCCC2)NC1CCN(c2ccc(Br)cc2)C1.I. The van der Waals surface area contributed by atoms with E-state index in [0.717, 1.165) is 61.1 Å². The van der Waals surface area contributed by atoms with Gasteiger partial charge in [0.1, 0.15) is 12.4 Å². The fourth-order valence-corrected chi connectivity index (χ4v) is 4.18. The zero-order valence-electron chi connectivity index (χ0n) is 16.8. The van der Waals surface area contributed by atoms with Gasteiger partial charge in [-0.05, 0) is 50.5 Å². The number of fused-ring (bicyclic) bond motifs is 1. The third kappa shape index (κ3) is 5.62. The van der Waals surface area contributed by atoms with Crippen LogP contribution in [0.4, 0.5) is 5.69 Å². The van der Waals surface area contributed by atoms with E-state index >= 15 is 0 Å². The number of nitrogens with one attached hydrogen (secondary N) is 2. The van der Waals surface area contributed by atoms with Crippen molar-refractivity contribution in [2.24, 2.45) is 4.99 Å². The Kier molecular flexibility index (Phi) is 8.16. The lowest BCUT2D eigenvalue weighted by Crippen LogP contribution is -2.44. The van der Waals surface area contributed by atoms with Crippen LogP contribution >= 0.6 is 39.9 Å². The van der Waals surface area contributed by atoms with Crippen molar-refractivity contribution in [2.75, 3.05) is 24.5 Å². The highest BCUT2D eigenvalue weighted by Crippen LogP contribution is 2.22. The number of nitrogens with zero attached hydrogens (tertiary/aromatic N) is 5. The van der Waals surface area contributed by atoms with Gasteiger partial charge < -0.3 is 20.1 Å². The molecule has 0 amide bonds. The van der Waals surface area contributed by atoms with Crippen LogP contribution in [0.3, 0.4) is 0 Å². The summed E-state index contributed by atoms with van der Waals surface area (Å²) in [4.78, 5) is 7.20. The van der Waals surface area contributed by atoms with Crippen molar-refractivity contribution in [3.63, 3.8) is 0 Å². The predicted molar refractivity (Wildman–Crippen MR) is 131 cm³/mol. The highest BCUT2D eigenvalue weighted by atomic mass is 127. The van der Waals surface area contributed by atoms with Crippen LogP contribution in [0.2, 0.25) is 0 Å². The predicted octanol–water partition coefficient (Wildman–Crippen LogP) is 3.33. The average molecular weight is 574 g/mol. The lowest BCUT2D eigenvalue weighted by molar-refractivity contribution is 0.508. The highest BCUT2D eigenvalue weighted by molar-refractivity contribution is 14.0. The van der Waals surface area contributed by atoms with Crippen LogP contribution < -0.4 is 15.5 Å².